The van der Waals surface area contributed by atoms with Crippen LogP contribution >= 0.6 is 0 Å². The van der Waals surface area contributed by atoms with Crippen molar-refractivity contribution in [3.63, 3.8) is 0 Å². The molecule has 9 heteroatoms. The second-order valence-corrected chi connectivity index (χ2v) is 22.4. The molecule has 6 aromatic carbocycles. The summed E-state index contributed by atoms with van der Waals surface area (Å²) < 4.78 is 44.8. The first kappa shape index (κ1) is 51.5. The van der Waals surface area contributed by atoms with Crippen molar-refractivity contribution in [2.45, 2.75) is 109 Å². The molecule has 1 aliphatic carbocycles. The Bertz CT molecular complexity index is 3350. The number of esters is 2. The summed E-state index contributed by atoms with van der Waals surface area (Å²) in [5.41, 5.74) is 10.6. The number of benzene rings is 6. The lowest BCUT2D eigenvalue weighted by atomic mass is 9.80. The maximum atomic E-state index is 15.4. The molecule has 0 saturated carbocycles. The Morgan fingerprint density at radius 2 is 1.15 bits per heavy atom. The topological polar surface area (TPSA) is 93.0 Å². The first-order valence-electron chi connectivity index (χ1n) is 26.1. The van der Waals surface area contributed by atoms with Gasteiger partial charge < -0.3 is 14.4 Å². The summed E-state index contributed by atoms with van der Waals surface area (Å²) in [5, 5.41) is 0. The van der Waals surface area contributed by atoms with Gasteiger partial charge in [-0.15, -0.1) is 0 Å². The fourth-order valence-corrected chi connectivity index (χ4v) is 12.4. The molecule has 0 fully saturated rings. The van der Waals surface area contributed by atoms with E-state index in [0.717, 1.165) is 108 Å². The van der Waals surface area contributed by atoms with Crippen molar-refractivity contribution in [3.8, 4) is 0 Å². The molecular formula is C65H67N2O6S+. The monoisotopic (exact) mass is 1000 g/mol. The van der Waals surface area contributed by atoms with Gasteiger partial charge in [0.25, 0.3) is 0 Å². The van der Waals surface area contributed by atoms with E-state index in [2.05, 4.69) is 63.2 Å². The fourth-order valence-electron chi connectivity index (χ4n) is 10.7. The summed E-state index contributed by atoms with van der Waals surface area (Å²) in [7, 11) is -4.11. The molecule has 378 valence electrons. The van der Waals surface area contributed by atoms with E-state index >= 15 is 8.42 Å². The van der Waals surface area contributed by atoms with Crippen molar-refractivity contribution in [3.05, 3.63) is 231 Å². The summed E-state index contributed by atoms with van der Waals surface area (Å²) in [6, 6.07) is 47.7. The van der Waals surface area contributed by atoms with Gasteiger partial charge in [-0.05, 0) is 109 Å². The van der Waals surface area contributed by atoms with Gasteiger partial charge in [0.1, 0.15) is 19.8 Å². The number of sulfone groups is 1. The van der Waals surface area contributed by atoms with Crippen LogP contribution in [0.1, 0.15) is 134 Å². The van der Waals surface area contributed by atoms with E-state index in [1.165, 1.54) is 0 Å². The van der Waals surface area contributed by atoms with E-state index in [0.29, 0.717) is 22.3 Å². The quantitative estimate of drug-likeness (QED) is 0.0453. The number of fused-ring (bicyclic) bond motifs is 3. The van der Waals surface area contributed by atoms with Crippen LogP contribution in [0.3, 0.4) is 0 Å². The second-order valence-electron chi connectivity index (χ2n) is 20.5. The van der Waals surface area contributed by atoms with Gasteiger partial charge in [0.05, 0.1) is 26.3 Å². The zero-order chi connectivity index (χ0) is 52.0. The number of ether oxygens (including phenoxy) is 2. The molecule has 2 heterocycles. The molecule has 8 nitrogen and oxygen atoms in total. The smallest absolute Gasteiger partial charge is 0.338 e. The van der Waals surface area contributed by atoms with Gasteiger partial charge in [-0.1, -0.05) is 156 Å². The number of rotatable bonds is 19. The van der Waals surface area contributed by atoms with E-state index in [4.69, 9.17) is 9.47 Å². The fraction of sp³-hybridized carbons (Fsp3) is 0.277. The van der Waals surface area contributed by atoms with E-state index < -0.39 is 20.7 Å². The Balaban J connectivity index is 1.14. The first-order chi connectivity index (χ1) is 35.7. The number of allylic oxidation sites excluding steroid dienone is 7. The molecule has 0 saturated heterocycles. The highest BCUT2D eigenvalue weighted by molar-refractivity contribution is 7.96. The van der Waals surface area contributed by atoms with E-state index in [1.54, 1.807) is 24.3 Å². The van der Waals surface area contributed by atoms with Gasteiger partial charge in [-0.2, -0.15) is 4.58 Å². The molecule has 0 spiro atoms. The number of carbonyl (C=O) groups excluding carboxylic acids is 2. The van der Waals surface area contributed by atoms with Crippen LogP contribution in [0.25, 0.3) is 11.1 Å². The van der Waals surface area contributed by atoms with E-state index in [9.17, 15) is 9.59 Å². The Kier molecular flexibility index (Phi) is 15.3. The predicted octanol–water partition coefficient (Wildman–Crippen LogP) is 14.7. The van der Waals surface area contributed by atoms with Crippen LogP contribution < -0.4 is 4.90 Å². The molecule has 9 rings (SSSR count). The minimum absolute atomic E-state index is 0.180. The minimum atomic E-state index is -4.11. The molecule has 0 unspecified atom stereocenters. The number of hydrogen-bond acceptors (Lipinski definition) is 7. The molecule has 0 atom stereocenters. The van der Waals surface area contributed by atoms with Gasteiger partial charge >= 0.3 is 11.9 Å². The summed E-state index contributed by atoms with van der Waals surface area (Å²) >= 11 is 0. The summed E-state index contributed by atoms with van der Waals surface area (Å²) in [6.07, 6.45) is 14.3. The number of anilines is 1. The highest BCUT2D eigenvalue weighted by Gasteiger charge is 2.46. The van der Waals surface area contributed by atoms with Gasteiger partial charge in [-0.3, -0.25) is 0 Å². The van der Waals surface area contributed by atoms with Crippen LogP contribution in [0.2, 0.25) is 0 Å². The normalized spacial score (nSPS) is 16.5. The second kappa shape index (κ2) is 22.0. The van der Waals surface area contributed by atoms with Crippen LogP contribution in [0.4, 0.5) is 11.4 Å². The summed E-state index contributed by atoms with van der Waals surface area (Å²) in [5.74, 6) is -0.769. The van der Waals surface area contributed by atoms with Gasteiger partial charge in [-0.25, -0.2) is 18.0 Å². The Labute approximate surface area is 438 Å². The molecule has 0 amide bonds. The number of unbranched alkanes of at least 4 members (excludes halogenated alkanes) is 4. The Morgan fingerprint density at radius 1 is 0.595 bits per heavy atom. The molecule has 0 radical (unpaired) electrons. The van der Waals surface area contributed by atoms with Crippen molar-refractivity contribution in [2.75, 3.05) is 18.0 Å². The lowest BCUT2D eigenvalue weighted by Crippen LogP contribution is -2.28. The first-order valence-corrected chi connectivity index (χ1v) is 27.6. The van der Waals surface area contributed by atoms with Crippen LogP contribution in [-0.2, 0) is 43.4 Å². The lowest BCUT2D eigenvalue weighted by molar-refractivity contribution is -0.438. The molecule has 6 aromatic rings. The molecular weight excluding hydrogens is 937 g/mol. The zero-order valence-corrected chi connectivity index (χ0v) is 44.4. The molecule has 0 aromatic heterocycles. The average molecular weight is 1000 g/mol. The number of nitrogens with zero attached hydrogens (tertiary/aromatic N) is 2. The average Bonchev–Trinajstić information content (AvgIpc) is 3.93. The van der Waals surface area contributed by atoms with Crippen LogP contribution in [0, 0.1) is 0 Å². The third kappa shape index (κ3) is 10.3. The standard InChI is InChI=1S/C65H67N2O6S/c1-7-9-22-40-66-57-36-32-48(62(68)72-44-46-24-14-11-15-25-46)42-55(57)64(3,4)59(66)38-34-53-51-30-20-21-31-52(51)54(61(53)74(70,71)50-28-18-13-19-29-50)35-39-60-65(5,6)56-43-49(33-37-58(56)67(60)41-23-10-8-2)63(69)73-45-47-26-16-12-17-27-47/h11-21,24-39,42-43H,7-10,22-23,40-41,44-45H2,1-6H3/q+1. The third-order valence-electron chi connectivity index (χ3n) is 14.8. The molecule has 3 aliphatic rings. The maximum Gasteiger partial charge on any atom is 0.338 e. The van der Waals surface area contributed by atoms with Crippen LogP contribution in [0.5, 0.6) is 0 Å². The lowest BCUT2D eigenvalue weighted by Gasteiger charge is -2.27. The third-order valence-corrected chi connectivity index (χ3v) is 16.7. The molecule has 74 heavy (non-hydrogen) atoms. The van der Waals surface area contributed by atoms with E-state index in [1.807, 2.05) is 140 Å². The molecule has 0 N–H and O–H groups in total. The van der Waals surface area contributed by atoms with Crippen molar-refractivity contribution < 1.29 is 32.1 Å². The largest absolute Gasteiger partial charge is 0.457 e. The molecule has 0 bridgehead atoms. The predicted molar refractivity (Wildman–Crippen MR) is 298 cm³/mol. The SMILES string of the molecule is CCCCCN1/C(=C/C=C2C(S(=O)(=O)c3ccccc3)=C(/C=C/C3=[N+](CCCCC)c4ccc(C(=O)OCc5ccccc5)cc4C3(C)C)c3ccccc3/2)C(C)(C)c2cc(C(=O)OCc3ccccc3)ccc21. The van der Waals surface area contributed by atoms with Crippen molar-refractivity contribution in [2.24, 2.45) is 0 Å². The van der Waals surface area contributed by atoms with Crippen LogP contribution in [-0.4, -0.2) is 43.7 Å². The van der Waals surface area contributed by atoms with Gasteiger partial charge in [0.2, 0.25) is 15.5 Å². The maximum absolute atomic E-state index is 15.4. The highest BCUT2D eigenvalue weighted by Crippen LogP contribution is 2.51. The Morgan fingerprint density at radius 3 is 1.77 bits per heavy atom. The van der Waals surface area contributed by atoms with Crippen molar-refractivity contribution >= 4 is 50.0 Å². The van der Waals surface area contributed by atoms with Gasteiger partial charge in [0.15, 0.2) is 5.71 Å². The molecule has 2 aliphatic heterocycles. The summed E-state index contributed by atoms with van der Waals surface area (Å²) in [4.78, 5) is 29.9. The van der Waals surface area contributed by atoms with Crippen molar-refractivity contribution in [1.29, 1.82) is 0 Å². The van der Waals surface area contributed by atoms with Crippen molar-refractivity contribution in [1.82, 2.24) is 0 Å². The Hall–Kier alpha value is -7.36. The van der Waals surface area contributed by atoms with Crippen LogP contribution in [0.15, 0.2) is 191 Å². The highest BCUT2D eigenvalue weighted by atomic mass is 32.2. The van der Waals surface area contributed by atoms with E-state index in [-0.39, 0.29) is 35.0 Å². The van der Waals surface area contributed by atoms with Gasteiger partial charge in [0, 0.05) is 58.6 Å². The number of carbonyl (C=O) groups is 2. The minimum Gasteiger partial charge on any atom is -0.457 e. The summed E-state index contributed by atoms with van der Waals surface area (Å²) in [6.45, 7) is 14.9. The zero-order valence-electron chi connectivity index (χ0n) is 43.6. The number of hydrogen-bond donors (Lipinski definition) is 0.